The lowest BCUT2D eigenvalue weighted by Gasteiger charge is -2.51. The number of amides is 1. The van der Waals surface area contributed by atoms with Crippen molar-refractivity contribution in [2.45, 2.75) is 30.8 Å². The molecule has 0 spiro atoms. The quantitative estimate of drug-likeness (QED) is 0.859. The lowest BCUT2D eigenvalue weighted by atomic mass is 9.75. The van der Waals surface area contributed by atoms with Gasteiger partial charge < -0.3 is 10.2 Å². The van der Waals surface area contributed by atoms with Crippen LogP contribution in [0.4, 0.5) is 8.78 Å². The number of nitrogens with one attached hydrogen (secondary N) is 1. The van der Waals surface area contributed by atoms with E-state index in [1.54, 1.807) is 0 Å². The number of hydrogen-bond acceptors (Lipinski definition) is 3. The smallest absolute Gasteiger partial charge is 0.226 e. The summed E-state index contributed by atoms with van der Waals surface area (Å²) < 4.78 is 27.8. The Morgan fingerprint density at radius 3 is 2.33 bits per heavy atom. The Balaban J connectivity index is 1.35. The van der Waals surface area contributed by atoms with Crippen molar-refractivity contribution in [3.8, 4) is 0 Å². The maximum Gasteiger partial charge on any atom is 0.226 e. The molecular formula is C21H25F2N3O. The van der Waals surface area contributed by atoms with Crippen LogP contribution in [0, 0.1) is 35.3 Å². The number of benzene rings is 1. The number of rotatable bonds is 2. The van der Waals surface area contributed by atoms with Gasteiger partial charge in [0.05, 0.1) is 6.04 Å². The number of carbonyl (C=O) groups excluding carboxylic acids is 1. The second kappa shape index (κ2) is 5.74. The number of fused-ring (bicyclic) bond motifs is 3. The van der Waals surface area contributed by atoms with Gasteiger partial charge in [0.15, 0.2) is 0 Å². The molecule has 1 aromatic carbocycles. The average molecular weight is 373 g/mol. The largest absolute Gasteiger partial charge is 0.337 e. The van der Waals surface area contributed by atoms with Crippen molar-refractivity contribution in [3.63, 3.8) is 0 Å². The summed E-state index contributed by atoms with van der Waals surface area (Å²) >= 11 is 0. The third kappa shape index (κ3) is 2.35. The Bertz CT molecular complexity index is 763. The van der Waals surface area contributed by atoms with E-state index in [4.69, 9.17) is 0 Å². The molecule has 4 nitrogen and oxygen atoms in total. The fraction of sp³-hybridized carbons (Fsp3) is 0.667. The highest BCUT2D eigenvalue weighted by molar-refractivity contribution is 5.83. The lowest BCUT2D eigenvalue weighted by Crippen LogP contribution is -2.61. The molecule has 7 rings (SSSR count). The number of hydrogen-bond donors (Lipinski definition) is 1. The maximum absolute atomic E-state index is 13.9. The molecule has 5 aliphatic heterocycles. The zero-order valence-corrected chi connectivity index (χ0v) is 15.3. The molecule has 5 saturated heterocycles. The Labute approximate surface area is 157 Å². The molecule has 27 heavy (non-hydrogen) atoms. The number of piperidine rings is 4. The number of halogens is 2. The summed E-state index contributed by atoms with van der Waals surface area (Å²) in [6.45, 7) is 4.60. The van der Waals surface area contributed by atoms with Crippen molar-refractivity contribution in [2.75, 3.05) is 32.7 Å². The van der Waals surface area contributed by atoms with E-state index in [1.165, 1.54) is 12.1 Å². The van der Waals surface area contributed by atoms with Crippen molar-refractivity contribution in [1.29, 1.82) is 0 Å². The zero-order chi connectivity index (χ0) is 18.3. The molecule has 1 aliphatic carbocycles. The minimum atomic E-state index is -0.523. The van der Waals surface area contributed by atoms with Crippen LogP contribution in [0.3, 0.4) is 0 Å². The molecule has 6 heteroatoms. The van der Waals surface area contributed by atoms with Gasteiger partial charge in [-0.3, -0.25) is 9.69 Å². The fourth-order valence-electron chi connectivity index (χ4n) is 6.73. The highest BCUT2D eigenvalue weighted by atomic mass is 19.1. The van der Waals surface area contributed by atoms with Gasteiger partial charge in [0.2, 0.25) is 5.91 Å². The molecule has 1 aromatic rings. The van der Waals surface area contributed by atoms with E-state index in [9.17, 15) is 13.6 Å². The van der Waals surface area contributed by atoms with Gasteiger partial charge in [0.1, 0.15) is 11.6 Å². The van der Waals surface area contributed by atoms with Crippen molar-refractivity contribution < 1.29 is 13.6 Å². The first-order chi connectivity index (χ1) is 13.1. The van der Waals surface area contributed by atoms with Crippen LogP contribution in [0.15, 0.2) is 18.2 Å². The van der Waals surface area contributed by atoms with E-state index >= 15 is 0 Å². The zero-order valence-electron chi connectivity index (χ0n) is 15.3. The van der Waals surface area contributed by atoms with Crippen molar-refractivity contribution in [3.05, 3.63) is 35.4 Å². The lowest BCUT2D eigenvalue weighted by molar-refractivity contribution is -0.138. The first-order valence-electron chi connectivity index (χ1n) is 10.3. The minimum absolute atomic E-state index is 0.00367. The standard InChI is InChI=1S/C21H25F2N3O/c22-13-5-12(6-14(23)7-13)17-10-26(21(27)18-15-8-24-9-16(15)18)19-11-1-3-25(4-2-11)20(17)19/h5-7,11,15-20,24H,1-4,8-10H2/t15-,16+,17-,18?,19-,20-/m0/s1. The molecule has 1 N–H and O–H groups in total. The molecule has 6 aliphatic rings. The van der Waals surface area contributed by atoms with E-state index in [0.29, 0.717) is 35.8 Å². The fourth-order valence-corrected chi connectivity index (χ4v) is 6.73. The van der Waals surface area contributed by atoms with Crippen LogP contribution >= 0.6 is 0 Å². The molecule has 5 heterocycles. The molecule has 144 valence electrons. The van der Waals surface area contributed by atoms with Gasteiger partial charge in [0.25, 0.3) is 0 Å². The predicted octanol–water partition coefficient (Wildman–Crippen LogP) is 1.82. The number of carbonyl (C=O) groups is 1. The highest BCUT2D eigenvalue weighted by Gasteiger charge is 2.62. The van der Waals surface area contributed by atoms with E-state index in [-0.39, 0.29) is 23.9 Å². The molecule has 1 amide bonds. The van der Waals surface area contributed by atoms with Crippen LogP contribution in [0.25, 0.3) is 0 Å². The Hall–Kier alpha value is -1.53. The summed E-state index contributed by atoms with van der Waals surface area (Å²) in [5.74, 6) is 0.966. The first kappa shape index (κ1) is 16.4. The van der Waals surface area contributed by atoms with Crippen LogP contribution < -0.4 is 5.32 Å². The highest BCUT2D eigenvalue weighted by Crippen LogP contribution is 2.53. The second-order valence-electron chi connectivity index (χ2n) is 9.17. The van der Waals surface area contributed by atoms with E-state index < -0.39 is 11.6 Å². The average Bonchev–Trinajstić information content (AvgIpc) is 3.02. The topological polar surface area (TPSA) is 35.6 Å². The van der Waals surface area contributed by atoms with Crippen LogP contribution in [0.1, 0.15) is 24.3 Å². The summed E-state index contributed by atoms with van der Waals surface area (Å²) in [5, 5.41) is 3.37. The van der Waals surface area contributed by atoms with Crippen LogP contribution in [0.5, 0.6) is 0 Å². The number of likely N-dealkylation sites (tertiary alicyclic amines) is 1. The molecule has 6 fully saturated rings. The first-order valence-corrected chi connectivity index (χ1v) is 10.3. The van der Waals surface area contributed by atoms with Gasteiger partial charge in [-0.05, 0) is 74.5 Å². The summed E-state index contributed by atoms with van der Waals surface area (Å²) in [6.07, 6.45) is 2.27. The molecule has 1 saturated carbocycles. The van der Waals surface area contributed by atoms with Gasteiger partial charge in [0, 0.05) is 30.5 Å². The third-order valence-corrected chi connectivity index (χ3v) is 7.97. The van der Waals surface area contributed by atoms with Gasteiger partial charge >= 0.3 is 0 Å². The number of nitrogens with zero attached hydrogens (tertiary/aromatic N) is 2. The van der Waals surface area contributed by atoms with Gasteiger partial charge in [-0.25, -0.2) is 8.78 Å². The van der Waals surface area contributed by atoms with E-state index in [2.05, 4.69) is 15.1 Å². The predicted molar refractivity (Wildman–Crippen MR) is 96.0 cm³/mol. The van der Waals surface area contributed by atoms with Gasteiger partial charge in [-0.2, -0.15) is 0 Å². The van der Waals surface area contributed by atoms with Gasteiger partial charge in [-0.15, -0.1) is 0 Å². The molecule has 1 unspecified atom stereocenters. The van der Waals surface area contributed by atoms with Gasteiger partial charge in [-0.1, -0.05) is 0 Å². The van der Waals surface area contributed by atoms with Crippen molar-refractivity contribution in [1.82, 2.24) is 15.1 Å². The third-order valence-electron chi connectivity index (χ3n) is 7.97. The molecule has 6 atom stereocenters. The van der Waals surface area contributed by atoms with Crippen LogP contribution in [-0.2, 0) is 4.79 Å². The monoisotopic (exact) mass is 373 g/mol. The minimum Gasteiger partial charge on any atom is -0.337 e. The molecular weight excluding hydrogens is 348 g/mol. The summed E-state index contributed by atoms with van der Waals surface area (Å²) in [5.41, 5.74) is 0.711. The molecule has 0 radical (unpaired) electrons. The molecule has 2 bridgehead atoms. The Morgan fingerprint density at radius 2 is 1.67 bits per heavy atom. The SMILES string of the molecule is O=C(C1[C@H]2CNC[C@@H]12)N1C[C@@H](c2cc(F)cc(F)c2)[C@H]2[C@@H]1C1CCN2CC1. The van der Waals surface area contributed by atoms with E-state index in [0.717, 1.165) is 45.1 Å². The summed E-state index contributed by atoms with van der Waals surface area (Å²) in [6, 6.07) is 4.30. The summed E-state index contributed by atoms with van der Waals surface area (Å²) in [7, 11) is 0. The van der Waals surface area contributed by atoms with Crippen molar-refractivity contribution >= 4 is 5.91 Å². The van der Waals surface area contributed by atoms with E-state index in [1.807, 2.05) is 0 Å². The van der Waals surface area contributed by atoms with Crippen molar-refractivity contribution in [2.24, 2.45) is 23.7 Å². The van der Waals surface area contributed by atoms with Crippen LogP contribution in [0.2, 0.25) is 0 Å². The molecule has 0 aromatic heterocycles. The van der Waals surface area contributed by atoms with Crippen LogP contribution in [-0.4, -0.2) is 60.5 Å². The second-order valence-corrected chi connectivity index (χ2v) is 9.17. The Morgan fingerprint density at radius 1 is 1.00 bits per heavy atom. The summed E-state index contributed by atoms with van der Waals surface area (Å²) in [4.78, 5) is 18.0. The Kier molecular flexibility index (Phi) is 3.49. The normalized spacial score (nSPS) is 44.3. The maximum atomic E-state index is 13.9.